The number of hydrogen-bond donors (Lipinski definition) is 2. The standard InChI is InChI=1S/C26H27N7O3/c1-14-11-29-30-15(2)24(14)16(3)36-23-8-20-21(9-22(23)35-4)31-32-25(20)18-7-17(10-27)26(28-12-18)33-6-5-19(34)13-33/h7-9,11-12,16,19,34H,5-6,13H2,1-4H3,(H,31,32)/t16-,19-/m1/s1. The lowest BCUT2D eigenvalue weighted by Gasteiger charge is -2.20. The summed E-state index contributed by atoms with van der Waals surface area (Å²) < 4.78 is 12.0. The summed E-state index contributed by atoms with van der Waals surface area (Å²) in [6.07, 6.45) is 3.40. The quantitative estimate of drug-likeness (QED) is 0.420. The molecule has 0 saturated carbocycles. The van der Waals surface area contributed by atoms with Crippen molar-refractivity contribution in [2.24, 2.45) is 0 Å². The van der Waals surface area contributed by atoms with Crippen molar-refractivity contribution >= 4 is 16.7 Å². The molecule has 5 rings (SSSR count). The van der Waals surface area contributed by atoms with Crippen LogP contribution in [-0.2, 0) is 0 Å². The summed E-state index contributed by atoms with van der Waals surface area (Å²) in [6.45, 7) is 7.00. The molecule has 1 fully saturated rings. The third kappa shape index (κ3) is 4.18. The average molecular weight is 486 g/mol. The minimum atomic E-state index is -0.403. The van der Waals surface area contributed by atoms with Gasteiger partial charge in [0.25, 0.3) is 0 Å². The first-order chi connectivity index (χ1) is 17.4. The van der Waals surface area contributed by atoms with Gasteiger partial charge in [-0.1, -0.05) is 0 Å². The molecule has 1 aliphatic heterocycles. The summed E-state index contributed by atoms with van der Waals surface area (Å²) in [5.41, 5.74) is 5.35. The Kier molecular flexibility index (Phi) is 6.16. The zero-order valence-electron chi connectivity index (χ0n) is 20.6. The third-order valence-corrected chi connectivity index (χ3v) is 6.55. The maximum Gasteiger partial charge on any atom is 0.162 e. The number of rotatable bonds is 6. The summed E-state index contributed by atoms with van der Waals surface area (Å²) in [4.78, 5) is 6.50. The third-order valence-electron chi connectivity index (χ3n) is 6.55. The van der Waals surface area contributed by atoms with Gasteiger partial charge in [0, 0.05) is 41.9 Å². The molecular weight excluding hydrogens is 458 g/mol. The van der Waals surface area contributed by atoms with Crippen LogP contribution in [0.3, 0.4) is 0 Å². The predicted octanol–water partition coefficient (Wildman–Crippen LogP) is 3.62. The number of methoxy groups -OCH3 is 1. The molecule has 4 aromatic rings. The number of hydrogen-bond acceptors (Lipinski definition) is 9. The lowest BCUT2D eigenvalue weighted by molar-refractivity contribution is 0.198. The first-order valence-electron chi connectivity index (χ1n) is 11.7. The van der Waals surface area contributed by atoms with E-state index in [-0.39, 0.29) is 6.10 Å². The van der Waals surface area contributed by atoms with E-state index in [4.69, 9.17) is 9.47 Å². The van der Waals surface area contributed by atoms with Gasteiger partial charge in [-0.15, -0.1) is 0 Å². The van der Waals surface area contributed by atoms with Gasteiger partial charge in [0.1, 0.15) is 23.7 Å². The van der Waals surface area contributed by atoms with E-state index in [1.807, 2.05) is 37.8 Å². The molecule has 0 amide bonds. The summed E-state index contributed by atoms with van der Waals surface area (Å²) in [5, 5.41) is 36.2. The number of anilines is 1. The predicted molar refractivity (Wildman–Crippen MR) is 134 cm³/mol. The fourth-order valence-corrected chi connectivity index (χ4v) is 4.83. The highest BCUT2D eigenvalue weighted by atomic mass is 16.5. The van der Waals surface area contributed by atoms with Crippen LogP contribution >= 0.6 is 0 Å². The van der Waals surface area contributed by atoms with Gasteiger partial charge in [-0.25, -0.2) is 4.98 Å². The molecule has 0 aliphatic carbocycles. The Bertz CT molecular complexity index is 1460. The van der Waals surface area contributed by atoms with Gasteiger partial charge in [-0.3, -0.25) is 5.10 Å². The van der Waals surface area contributed by atoms with Gasteiger partial charge >= 0.3 is 0 Å². The summed E-state index contributed by atoms with van der Waals surface area (Å²) in [7, 11) is 1.59. The number of pyridine rings is 1. The van der Waals surface area contributed by atoms with Crippen molar-refractivity contribution in [2.75, 3.05) is 25.1 Å². The van der Waals surface area contributed by atoms with Gasteiger partial charge in [-0.05, 0) is 44.9 Å². The molecule has 10 nitrogen and oxygen atoms in total. The largest absolute Gasteiger partial charge is 0.493 e. The molecule has 10 heteroatoms. The maximum atomic E-state index is 9.89. The summed E-state index contributed by atoms with van der Waals surface area (Å²) in [5.74, 6) is 1.71. The van der Waals surface area contributed by atoms with E-state index >= 15 is 0 Å². The van der Waals surface area contributed by atoms with E-state index in [0.29, 0.717) is 53.6 Å². The van der Waals surface area contributed by atoms with Gasteiger partial charge in [0.2, 0.25) is 0 Å². The topological polar surface area (TPSA) is 133 Å². The van der Waals surface area contributed by atoms with Crippen molar-refractivity contribution in [1.82, 2.24) is 25.4 Å². The number of H-pyrrole nitrogens is 1. The molecule has 1 aromatic carbocycles. The number of nitrogens with one attached hydrogen (secondary N) is 1. The van der Waals surface area contributed by atoms with Crippen LogP contribution < -0.4 is 14.4 Å². The van der Waals surface area contributed by atoms with Crippen LogP contribution in [0.15, 0.2) is 30.6 Å². The Morgan fingerprint density at radius 1 is 1.22 bits per heavy atom. The number of fused-ring (bicyclic) bond motifs is 1. The Morgan fingerprint density at radius 2 is 2.06 bits per heavy atom. The van der Waals surface area contributed by atoms with Crippen LogP contribution in [0.4, 0.5) is 5.82 Å². The molecule has 1 aliphatic rings. The minimum absolute atomic E-state index is 0.288. The number of aromatic amines is 1. The van der Waals surface area contributed by atoms with Crippen LogP contribution in [0.2, 0.25) is 0 Å². The zero-order chi connectivity index (χ0) is 25.4. The molecule has 1 saturated heterocycles. The Hall–Kier alpha value is -4.23. The van der Waals surface area contributed by atoms with E-state index in [0.717, 1.165) is 27.7 Å². The molecule has 4 heterocycles. The second kappa shape index (κ2) is 9.43. The Balaban J connectivity index is 1.53. The van der Waals surface area contributed by atoms with E-state index < -0.39 is 6.10 Å². The Labute approximate surface area is 208 Å². The van der Waals surface area contributed by atoms with Crippen LogP contribution in [0.25, 0.3) is 22.2 Å². The van der Waals surface area contributed by atoms with Crippen molar-refractivity contribution in [3.63, 3.8) is 0 Å². The zero-order valence-corrected chi connectivity index (χ0v) is 20.6. The first-order valence-corrected chi connectivity index (χ1v) is 11.7. The van der Waals surface area contributed by atoms with Gasteiger partial charge < -0.3 is 19.5 Å². The van der Waals surface area contributed by atoms with Gasteiger partial charge in [0.15, 0.2) is 11.5 Å². The number of benzene rings is 1. The van der Waals surface area contributed by atoms with E-state index in [1.165, 1.54) is 0 Å². The van der Waals surface area contributed by atoms with Gasteiger partial charge in [0.05, 0.1) is 36.2 Å². The molecule has 0 spiro atoms. The molecule has 0 radical (unpaired) electrons. The smallest absolute Gasteiger partial charge is 0.162 e. The lowest BCUT2D eigenvalue weighted by Crippen LogP contribution is -2.23. The molecule has 36 heavy (non-hydrogen) atoms. The van der Waals surface area contributed by atoms with Crippen molar-refractivity contribution in [3.05, 3.63) is 53.0 Å². The molecule has 184 valence electrons. The molecule has 0 unspecified atom stereocenters. The normalized spacial score (nSPS) is 16.2. The van der Waals surface area contributed by atoms with Gasteiger partial charge in [-0.2, -0.15) is 20.6 Å². The molecule has 2 N–H and O–H groups in total. The number of aliphatic hydroxyl groups excluding tert-OH is 1. The van der Waals surface area contributed by atoms with Crippen LogP contribution in [0.5, 0.6) is 11.5 Å². The number of β-amino-alcohol motifs (C(OH)–C–C–N with tert-alkyl or cyclic N) is 1. The van der Waals surface area contributed by atoms with Crippen LogP contribution in [-0.4, -0.2) is 56.8 Å². The van der Waals surface area contributed by atoms with E-state index in [2.05, 4.69) is 31.4 Å². The van der Waals surface area contributed by atoms with Crippen molar-refractivity contribution in [3.8, 4) is 28.8 Å². The highest BCUT2D eigenvalue weighted by molar-refractivity contribution is 5.95. The van der Waals surface area contributed by atoms with E-state index in [9.17, 15) is 10.4 Å². The summed E-state index contributed by atoms with van der Waals surface area (Å²) in [6, 6.07) is 7.76. The number of nitriles is 1. The second-order valence-electron chi connectivity index (χ2n) is 9.00. The van der Waals surface area contributed by atoms with E-state index in [1.54, 1.807) is 25.6 Å². The SMILES string of the molecule is COc1cc2[nH]nc(-c3cnc(N4CC[C@@H](O)C4)c(C#N)c3)c2cc1O[C@H](C)c1c(C)cnnc1C. The molecule has 3 aromatic heterocycles. The monoisotopic (exact) mass is 485 g/mol. The lowest BCUT2D eigenvalue weighted by atomic mass is 10.0. The van der Waals surface area contributed by atoms with Crippen molar-refractivity contribution < 1.29 is 14.6 Å². The molecule has 0 bridgehead atoms. The first kappa shape index (κ1) is 23.5. The number of aliphatic hydroxyl groups is 1. The van der Waals surface area contributed by atoms with Crippen molar-refractivity contribution in [1.29, 1.82) is 5.26 Å². The minimum Gasteiger partial charge on any atom is -0.493 e. The fourth-order valence-electron chi connectivity index (χ4n) is 4.83. The highest BCUT2D eigenvalue weighted by Gasteiger charge is 2.25. The number of ether oxygens (including phenoxy) is 2. The number of nitrogens with zero attached hydrogens (tertiary/aromatic N) is 6. The molecule has 2 atom stereocenters. The van der Waals surface area contributed by atoms with Crippen molar-refractivity contribution in [2.45, 2.75) is 39.4 Å². The van der Waals surface area contributed by atoms with Crippen LogP contribution in [0, 0.1) is 25.2 Å². The average Bonchev–Trinajstić information content (AvgIpc) is 3.48. The number of aromatic nitrogens is 5. The fraction of sp³-hybridized carbons (Fsp3) is 0.346. The number of aryl methyl sites for hydroxylation is 2. The highest BCUT2D eigenvalue weighted by Crippen LogP contribution is 2.39. The Morgan fingerprint density at radius 3 is 2.75 bits per heavy atom. The summed E-state index contributed by atoms with van der Waals surface area (Å²) >= 11 is 0. The molecular formula is C26H27N7O3. The second-order valence-corrected chi connectivity index (χ2v) is 9.00. The van der Waals surface area contributed by atoms with Crippen LogP contribution in [0.1, 0.15) is 41.8 Å². The maximum absolute atomic E-state index is 9.89.